The van der Waals surface area contributed by atoms with Crippen molar-refractivity contribution in [3.05, 3.63) is 48.0 Å². The number of rotatable bonds is 15. The lowest BCUT2D eigenvalue weighted by atomic mass is 10.0. The van der Waals surface area contributed by atoms with Crippen LogP contribution in [0.4, 0.5) is 0 Å². The lowest BCUT2D eigenvalue weighted by molar-refractivity contribution is -0.140. The number of carbonyl (C=O) groups is 3. The minimum absolute atomic E-state index is 0.223. The molecule has 0 aliphatic heterocycles. The Labute approximate surface area is 197 Å². The van der Waals surface area contributed by atoms with Crippen molar-refractivity contribution < 1.29 is 19.1 Å². The first-order valence-corrected chi connectivity index (χ1v) is 11.8. The predicted molar refractivity (Wildman–Crippen MR) is 130 cm³/mol. The van der Waals surface area contributed by atoms with E-state index in [-0.39, 0.29) is 12.5 Å². The van der Waals surface area contributed by atoms with Crippen molar-refractivity contribution in [1.29, 1.82) is 0 Å². The minimum Gasteiger partial charge on any atom is -0.463 e. The Kier molecular flexibility index (Phi) is 14.5. The molecule has 1 atom stereocenters. The molecule has 0 aromatic heterocycles. The largest absolute Gasteiger partial charge is 0.463 e. The molecule has 2 amide bonds. The Morgan fingerprint density at radius 3 is 2.45 bits per heavy atom. The highest BCUT2D eigenvalue weighted by Crippen LogP contribution is 2.07. The van der Waals surface area contributed by atoms with E-state index in [2.05, 4.69) is 36.7 Å². The molecule has 0 aliphatic rings. The molecule has 1 rings (SSSR count). The van der Waals surface area contributed by atoms with Crippen LogP contribution in [0, 0.1) is 5.92 Å². The third-order valence-electron chi connectivity index (χ3n) is 4.90. The lowest BCUT2D eigenvalue weighted by Gasteiger charge is -2.26. The van der Waals surface area contributed by atoms with Gasteiger partial charge in [0.1, 0.15) is 0 Å². The number of hydrazine groups is 1. The Balaban J connectivity index is 2.72. The first-order chi connectivity index (χ1) is 15.9. The third kappa shape index (κ3) is 12.8. The zero-order valence-electron chi connectivity index (χ0n) is 20.2. The molecule has 0 saturated heterocycles. The molecule has 8 nitrogen and oxygen atoms in total. The summed E-state index contributed by atoms with van der Waals surface area (Å²) in [5.41, 5.74) is 9.55. The molecular weight excluding hydrogens is 420 g/mol. The second-order valence-electron chi connectivity index (χ2n) is 8.27. The van der Waals surface area contributed by atoms with Crippen molar-refractivity contribution in [3.8, 4) is 0 Å². The van der Waals surface area contributed by atoms with Gasteiger partial charge in [-0.2, -0.15) is 0 Å². The smallest absolute Gasteiger partial charge is 0.330 e. The summed E-state index contributed by atoms with van der Waals surface area (Å²) in [6, 6.07) is 9.78. The summed E-state index contributed by atoms with van der Waals surface area (Å²) >= 11 is 0. The number of unbranched alkanes of at least 4 members (excludes halogenated alkanes) is 1. The second-order valence-corrected chi connectivity index (χ2v) is 8.27. The van der Waals surface area contributed by atoms with Crippen LogP contribution in [0.25, 0.3) is 0 Å². The van der Waals surface area contributed by atoms with Crippen molar-refractivity contribution >= 4 is 17.8 Å². The van der Waals surface area contributed by atoms with E-state index in [0.29, 0.717) is 44.8 Å². The summed E-state index contributed by atoms with van der Waals surface area (Å²) in [5.74, 6) is -1.06. The molecule has 0 fully saturated rings. The average Bonchev–Trinajstić information content (AvgIpc) is 2.79. The van der Waals surface area contributed by atoms with E-state index in [4.69, 9.17) is 10.5 Å². The molecular formula is C25H40N4O4. The van der Waals surface area contributed by atoms with Gasteiger partial charge in [-0.05, 0) is 63.6 Å². The minimum atomic E-state index is -0.600. The number of hydrogen-bond acceptors (Lipinski definition) is 6. The van der Waals surface area contributed by atoms with Crippen molar-refractivity contribution in [2.75, 3.05) is 26.2 Å². The number of carbonyl (C=O) groups excluding carboxylic acids is 3. The molecule has 0 aliphatic carbocycles. The quantitative estimate of drug-likeness (QED) is 0.160. The van der Waals surface area contributed by atoms with E-state index >= 15 is 0 Å². The Morgan fingerprint density at radius 1 is 1.09 bits per heavy atom. The molecule has 0 saturated carbocycles. The first kappa shape index (κ1) is 28.3. The van der Waals surface area contributed by atoms with Crippen LogP contribution in [0.3, 0.4) is 0 Å². The maximum atomic E-state index is 13.0. The van der Waals surface area contributed by atoms with Crippen LogP contribution >= 0.6 is 0 Å². The van der Waals surface area contributed by atoms with Gasteiger partial charge in [-0.1, -0.05) is 44.2 Å². The SMILES string of the molecule is CCOC(=O)/C=C/C(=O)N(CCCCN)NC(=O)C(CC(C)C)NCCCc1ccccc1. The van der Waals surface area contributed by atoms with Gasteiger partial charge < -0.3 is 15.8 Å². The van der Waals surface area contributed by atoms with Gasteiger partial charge in [-0.15, -0.1) is 0 Å². The highest BCUT2D eigenvalue weighted by molar-refractivity contribution is 5.95. The zero-order valence-corrected chi connectivity index (χ0v) is 20.2. The number of hydrogen-bond donors (Lipinski definition) is 3. The summed E-state index contributed by atoms with van der Waals surface area (Å²) < 4.78 is 4.81. The van der Waals surface area contributed by atoms with E-state index in [1.54, 1.807) is 6.92 Å². The van der Waals surface area contributed by atoms with Gasteiger partial charge in [-0.25, -0.2) is 4.79 Å². The van der Waals surface area contributed by atoms with E-state index in [9.17, 15) is 14.4 Å². The van der Waals surface area contributed by atoms with E-state index in [1.807, 2.05) is 18.2 Å². The molecule has 33 heavy (non-hydrogen) atoms. The van der Waals surface area contributed by atoms with Gasteiger partial charge in [0.15, 0.2) is 0 Å². The standard InChI is InChI=1S/C25H40N4O4/c1-4-33-24(31)15-14-23(30)29(18-9-8-16-26)28-25(32)22(19-20(2)3)27-17-10-13-21-11-6-5-7-12-21/h5-7,11-12,14-15,20,22,27H,4,8-10,13,16-19,26H2,1-3H3,(H,28,32)/b15-14+. The van der Waals surface area contributed by atoms with Crippen LogP contribution in [0.15, 0.2) is 42.5 Å². The van der Waals surface area contributed by atoms with Crippen LogP contribution in [0.1, 0.15) is 52.0 Å². The number of ether oxygens (including phenoxy) is 1. The zero-order chi connectivity index (χ0) is 24.5. The summed E-state index contributed by atoms with van der Waals surface area (Å²) in [6.07, 6.45) is 6.00. The van der Waals surface area contributed by atoms with Crippen molar-refractivity contribution in [3.63, 3.8) is 0 Å². The predicted octanol–water partition coefficient (Wildman–Crippen LogP) is 2.34. The van der Waals surface area contributed by atoms with E-state index in [0.717, 1.165) is 25.0 Å². The fourth-order valence-corrected chi connectivity index (χ4v) is 3.23. The first-order valence-electron chi connectivity index (χ1n) is 11.8. The third-order valence-corrected chi connectivity index (χ3v) is 4.90. The normalized spacial score (nSPS) is 12.0. The number of benzene rings is 1. The van der Waals surface area contributed by atoms with Gasteiger partial charge in [0, 0.05) is 18.7 Å². The molecule has 184 valence electrons. The number of aryl methyl sites for hydroxylation is 1. The Hall–Kier alpha value is -2.71. The van der Waals surface area contributed by atoms with Gasteiger partial charge in [-0.3, -0.25) is 20.0 Å². The number of nitrogens with zero attached hydrogens (tertiary/aromatic N) is 1. The molecule has 0 heterocycles. The number of amides is 2. The highest BCUT2D eigenvalue weighted by atomic mass is 16.5. The summed E-state index contributed by atoms with van der Waals surface area (Å²) in [7, 11) is 0. The molecule has 0 radical (unpaired) electrons. The van der Waals surface area contributed by atoms with E-state index < -0.39 is 17.9 Å². The van der Waals surface area contributed by atoms with Gasteiger partial charge in [0.2, 0.25) is 0 Å². The molecule has 0 bridgehead atoms. The summed E-state index contributed by atoms with van der Waals surface area (Å²) in [6.45, 7) is 7.50. The van der Waals surface area contributed by atoms with Crippen molar-refractivity contribution in [2.24, 2.45) is 11.7 Å². The maximum Gasteiger partial charge on any atom is 0.330 e. The molecule has 1 unspecified atom stereocenters. The van der Waals surface area contributed by atoms with Gasteiger partial charge >= 0.3 is 5.97 Å². The molecule has 1 aromatic carbocycles. The fraction of sp³-hybridized carbons (Fsp3) is 0.560. The maximum absolute atomic E-state index is 13.0. The van der Waals surface area contributed by atoms with Crippen LogP contribution in [-0.4, -0.2) is 55.1 Å². The fourth-order valence-electron chi connectivity index (χ4n) is 3.23. The van der Waals surface area contributed by atoms with Crippen LogP contribution in [-0.2, 0) is 25.5 Å². The molecule has 1 aromatic rings. The van der Waals surface area contributed by atoms with E-state index in [1.165, 1.54) is 10.6 Å². The number of nitrogens with one attached hydrogen (secondary N) is 2. The van der Waals surface area contributed by atoms with Crippen LogP contribution in [0.2, 0.25) is 0 Å². The van der Waals surface area contributed by atoms with Crippen molar-refractivity contribution in [2.45, 2.75) is 58.9 Å². The Morgan fingerprint density at radius 2 is 1.82 bits per heavy atom. The number of nitrogens with two attached hydrogens (primary N) is 1. The number of esters is 1. The molecule has 8 heteroatoms. The molecule has 0 spiro atoms. The van der Waals surface area contributed by atoms with Crippen LogP contribution in [0.5, 0.6) is 0 Å². The van der Waals surface area contributed by atoms with Crippen molar-refractivity contribution in [1.82, 2.24) is 15.8 Å². The van der Waals surface area contributed by atoms with Gasteiger partial charge in [0.25, 0.3) is 11.8 Å². The van der Waals surface area contributed by atoms with Gasteiger partial charge in [0.05, 0.1) is 12.6 Å². The summed E-state index contributed by atoms with van der Waals surface area (Å²) in [5, 5.41) is 4.58. The monoisotopic (exact) mass is 460 g/mol. The second kappa shape index (κ2) is 16.9. The highest BCUT2D eigenvalue weighted by Gasteiger charge is 2.23. The lowest BCUT2D eigenvalue weighted by Crippen LogP contribution is -2.53. The van der Waals surface area contributed by atoms with Crippen LogP contribution < -0.4 is 16.5 Å². The Bertz CT molecular complexity index is 737. The average molecular weight is 461 g/mol. The topological polar surface area (TPSA) is 114 Å². The summed E-state index contributed by atoms with van der Waals surface area (Å²) in [4.78, 5) is 37.2. The molecule has 4 N–H and O–H groups in total.